The summed E-state index contributed by atoms with van der Waals surface area (Å²) in [5.74, 6) is -2.28. The van der Waals surface area contributed by atoms with Crippen molar-refractivity contribution in [3.05, 3.63) is 11.7 Å². The van der Waals surface area contributed by atoms with E-state index in [1.54, 1.807) is 4.90 Å². The summed E-state index contributed by atoms with van der Waals surface area (Å²) in [7, 11) is 0. The maximum Gasteiger partial charge on any atom is 0.253 e. The number of halogens is 2. The van der Waals surface area contributed by atoms with Gasteiger partial charge in [-0.05, 0) is 50.4 Å². The van der Waals surface area contributed by atoms with Crippen LogP contribution < -0.4 is 0 Å². The van der Waals surface area contributed by atoms with E-state index in [9.17, 15) is 4.79 Å². The molecule has 0 bridgehead atoms. The molecule has 1 aromatic heterocycles. The van der Waals surface area contributed by atoms with Crippen molar-refractivity contribution in [2.24, 2.45) is 11.3 Å². The lowest BCUT2D eigenvalue weighted by Gasteiger charge is -2.41. The summed E-state index contributed by atoms with van der Waals surface area (Å²) in [6.45, 7) is 12.5. The predicted octanol–water partition coefficient (Wildman–Crippen LogP) is 5.16. The minimum atomic E-state index is -2.88. The second-order valence-corrected chi connectivity index (χ2v) is 13.5. The van der Waals surface area contributed by atoms with Crippen LogP contribution in [0, 0.1) is 11.3 Å². The number of aromatic nitrogens is 2. The van der Waals surface area contributed by atoms with Gasteiger partial charge in [-0.1, -0.05) is 32.9 Å². The first-order chi connectivity index (χ1) is 17.4. The van der Waals surface area contributed by atoms with Crippen LogP contribution in [0.1, 0.15) is 103 Å². The van der Waals surface area contributed by atoms with Crippen LogP contribution in [0.15, 0.2) is 4.52 Å². The van der Waals surface area contributed by atoms with Gasteiger partial charge >= 0.3 is 0 Å². The van der Waals surface area contributed by atoms with E-state index in [1.807, 2.05) is 0 Å². The van der Waals surface area contributed by atoms with Gasteiger partial charge < -0.3 is 19.1 Å². The van der Waals surface area contributed by atoms with Gasteiger partial charge in [-0.25, -0.2) is 8.78 Å². The molecule has 3 atom stereocenters. The maximum absolute atomic E-state index is 15.1. The number of piperidine rings is 1. The summed E-state index contributed by atoms with van der Waals surface area (Å²) < 4.78 is 42.1. The lowest BCUT2D eigenvalue weighted by Crippen LogP contribution is -2.49. The van der Waals surface area contributed by atoms with Gasteiger partial charge in [0.2, 0.25) is 11.8 Å². The molecule has 4 aliphatic rings. The molecule has 1 amide bonds. The number of carbonyl (C=O) groups excluding carboxylic acids is 1. The van der Waals surface area contributed by atoms with Gasteiger partial charge in [-0.15, -0.1) is 0 Å². The summed E-state index contributed by atoms with van der Waals surface area (Å²) in [6, 6.07) is 0. The zero-order valence-corrected chi connectivity index (χ0v) is 23.0. The predicted molar refractivity (Wildman–Crippen MR) is 136 cm³/mol. The Hall–Kier alpha value is -1.61. The van der Waals surface area contributed by atoms with Gasteiger partial charge in [-0.3, -0.25) is 4.79 Å². The molecule has 0 spiro atoms. The first kappa shape index (κ1) is 27.0. The normalized spacial score (nSPS) is 30.5. The maximum atomic E-state index is 15.1. The Morgan fingerprint density at radius 2 is 1.84 bits per heavy atom. The van der Waals surface area contributed by atoms with Crippen LogP contribution >= 0.6 is 0 Å². The molecule has 1 aromatic rings. The molecule has 2 saturated carbocycles. The van der Waals surface area contributed by atoms with Crippen molar-refractivity contribution in [3.8, 4) is 0 Å². The van der Waals surface area contributed by atoms with E-state index < -0.39 is 17.9 Å². The second kappa shape index (κ2) is 10.2. The van der Waals surface area contributed by atoms with Crippen molar-refractivity contribution in [3.63, 3.8) is 0 Å². The Morgan fingerprint density at radius 3 is 2.51 bits per heavy atom. The molecule has 9 heteroatoms. The highest BCUT2D eigenvalue weighted by Gasteiger charge is 2.50. The minimum Gasteiger partial charge on any atom is -0.373 e. The van der Waals surface area contributed by atoms with Crippen LogP contribution in [0.25, 0.3) is 0 Å². The van der Waals surface area contributed by atoms with Crippen molar-refractivity contribution in [1.29, 1.82) is 0 Å². The minimum absolute atomic E-state index is 0.0370. The largest absolute Gasteiger partial charge is 0.373 e. The summed E-state index contributed by atoms with van der Waals surface area (Å²) in [6.07, 6.45) is 4.60. The molecule has 2 saturated heterocycles. The molecule has 208 valence electrons. The Bertz CT molecular complexity index is 949. The zero-order chi connectivity index (χ0) is 26.4. The van der Waals surface area contributed by atoms with Crippen molar-refractivity contribution in [2.75, 3.05) is 32.7 Å². The van der Waals surface area contributed by atoms with E-state index in [0.29, 0.717) is 50.5 Å². The lowest BCUT2D eigenvalue weighted by atomic mass is 9.78. The molecule has 5 rings (SSSR count). The number of alkyl halides is 2. The Labute approximate surface area is 219 Å². The third-order valence-electron chi connectivity index (χ3n) is 8.81. The first-order valence-electron chi connectivity index (χ1n) is 14.3. The number of hydrogen-bond donors (Lipinski definition) is 0. The highest BCUT2D eigenvalue weighted by atomic mass is 19.3. The fourth-order valence-electron chi connectivity index (χ4n) is 6.38. The van der Waals surface area contributed by atoms with E-state index >= 15 is 8.78 Å². The second-order valence-electron chi connectivity index (χ2n) is 13.5. The number of likely N-dealkylation sites (tertiary alicyclic amines) is 2. The Kier molecular flexibility index (Phi) is 7.42. The number of hydrogen-bond acceptors (Lipinski definition) is 6. The van der Waals surface area contributed by atoms with E-state index in [0.717, 1.165) is 44.8 Å². The van der Waals surface area contributed by atoms with Crippen molar-refractivity contribution >= 4 is 5.91 Å². The number of amides is 1. The van der Waals surface area contributed by atoms with E-state index in [4.69, 9.17) is 9.26 Å². The Balaban J connectivity index is 1.17. The molecule has 3 heterocycles. The Morgan fingerprint density at radius 1 is 1.11 bits per heavy atom. The van der Waals surface area contributed by atoms with Crippen LogP contribution in [0.5, 0.6) is 0 Å². The molecular formula is C28H44F2N4O3. The van der Waals surface area contributed by atoms with E-state index in [1.165, 1.54) is 0 Å². The number of rotatable bonds is 7. The van der Waals surface area contributed by atoms with Crippen molar-refractivity contribution in [2.45, 2.75) is 115 Å². The van der Waals surface area contributed by atoms with Gasteiger partial charge in [-0.2, -0.15) is 4.98 Å². The number of carbonyl (C=O) groups is 1. The summed E-state index contributed by atoms with van der Waals surface area (Å²) >= 11 is 0. The fraction of sp³-hybridized carbons (Fsp3) is 0.893. The van der Waals surface area contributed by atoms with Crippen molar-refractivity contribution < 1.29 is 22.8 Å². The molecule has 0 radical (unpaired) electrons. The highest BCUT2D eigenvalue weighted by molar-refractivity contribution is 5.76. The zero-order valence-electron chi connectivity index (χ0n) is 23.0. The smallest absolute Gasteiger partial charge is 0.253 e. The average molecular weight is 523 g/mol. The molecule has 37 heavy (non-hydrogen) atoms. The van der Waals surface area contributed by atoms with Gasteiger partial charge in [0.25, 0.3) is 5.92 Å². The molecule has 2 aliphatic carbocycles. The highest BCUT2D eigenvalue weighted by Crippen LogP contribution is 2.44. The molecule has 0 N–H and O–H groups in total. The lowest BCUT2D eigenvalue weighted by molar-refractivity contribution is -0.174. The van der Waals surface area contributed by atoms with Gasteiger partial charge in [0.05, 0.1) is 18.1 Å². The van der Waals surface area contributed by atoms with Gasteiger partial charge in [0.1, 0.15) is 0 Å². The molecule has 7 nitrogen and oxygen atoms in total. The first-order valence-corrected chi connectivity index (χ1v) is 14.3. The van der Waals surface area contributed by atoms with Crippen molar-refractivity contribution in [1.82, 2.24) is 19.9 Å². The molecule has 0 unspecified atom stereocenters. The van der Waals surface area contributed by atoms with Gasteiger partial charge in [0.15, 0.2) is 5.82 Å². The van der Waals surface area contributed by atoms with E-state index in [-0.39, 0.29) is 35.7 Å². The monoisotopic (exact) mass is 522 g/mol. The summed E-state index contributed by atoms with van der Waals surface area (Å²) in [4.78, 5) is 22.0. The summed E-state index contributed by atoms with van der Waals surface area (Å²) in [5.41, 5.74) is -0.0648. The molecule has 2 aliphatic heterocycles. The van der Waals surface area contributed by atoms with E-state index in [2.05, 4.69) is 42.7 Å². The topological polar surface area (TPSA) is 71.7 Å². The van der Waals surface area contributed by atoms with Crippen LogP contribution in [0.4, 0.5) is 8.78 Å². The number of nitrogens with zero attached hydrogens (tertiary/aromatic N) is 4. The third kappa shape index (κ3) is 6.35. The van der Waals surface area contributed by atoms with Gasteiger partial charge in [0, 0.05) is 56.9 Å². The number of ether oxygens (including phenoxy) is 1. The molecule has 4 fully saturated rings. The third-order valence-corrected chi connectivity index (χ3v) is 8.81. The molecule has 0 aromatic carbocycles. The average Bonchev–Trinajstić information content (AvgIpc) is 3.37. The fourth-order valence-corrected chi connectivity index (χ4v) is 6.38. The standard InChI is InChI=1S/C28H44F2N4O3/c1-26(2,3)18-33-13-9-20(17-33)36-22-6-5-10-28(29,30)21(22)16-23(35)34-14-11-27(4,12-15-34)25-31-24(37-32-25)19-7-8-19/h19-22H,5-18H2,1-4H3/t20-,21+,22-/m0/s1. The quantitative estimate of drug-likeness (QED) is 0.493. The van der Waals surface area contributed by atoms with Crippen LogP contribution in [0.2, 0.25) is 0 Å². The van der Waals surface area contributed by atoms with Crippen LogP contribution in [-0.2, 0) is 14.9 Å². The SMILES string of the molecule is CC(C)(C)CN1CC[C@H](O[C@H]2CCCC(F)(F)[C@@H]2CC(=O)N2CCC(C)(c3noc(C4CC4)n3)CC2)C1. The van der Waals surface area contributed by atoms with Crippen LogP contribution in [0.3, 0.4) is 0 Å². The van der Waals surface area contributed by atoms with Crippen LogP contribution in [-0.4, -0.2) is 76.7 Å². The summed E-state index contributed by atoms with van der Waals surface area (Å²) in [5, 5.41) is 4.23. The molecular weight excluding hydrogens is 478 g/mol.